The molecule has 3 N–H and O–H groups in total. The number of nitrogens with zero attached hydrogens (tertiary/aromatic N) is 2. The summed E-state index contributed by atoms with van der Waals surface area (Å²) in [5, 5.41) is 9.31. The standard InChI is InChI=1S/C19H21N5O2S/c25-17(23-18-20-9-11-27-18)6-3-8-21-19(26)24-10-7-14-13-4-1-2-5-15(13)22-16(14)12-24/h1-2,4-5,9,11,22H,3,6-8,10,12H2,(H,21,26)(H,20,23,25). The Morgan fingerprint density at radius 2 is 2.19 bits per heavy atom. The van der Waals surface area contributed by atoms with E-state index in [0.29, 0.717) is 37.6 Å². The second-order valence-electron chi connectivity index (χ2n) is 6.52. The summed E-state index contributed by atoms with van der Waals surface area (Å²) >= 11 is 1.39. The highest BCUT2D eigenvalue weighted by atomic mass is 32.1. The number of rotatable bonds is 5. The van der Waals surface area contributed by atoms with Gasteiger partial charge in [0.1, 0.15) is 0 Å². The Balaban J connectivity index is 1.24. The van der Waals surface area contributed by atoms with E-state index in [1.165, 1.54) is 22.3 Å². The number of urea groups is 1. The summed E-state index contributed by atoms with van der Waals surface area (Å²) in [4.78, 5) is 33.5. The van der Waals surface area contributed by atoms with Gasteiger partial charge in [0.15, 0.2) is 5.13 Å². The van der Waals surface area contributed by atoms with Gasteiger partial charge in [0.2, 0.25) is 5.91 Å². The summed E-state index contributed by atoms with van der Waals surface area (Å²) in [6, 6.07) is 8.16. The van der Waals surface area contributed by atoms with E-state index in [1.807, 2.05) is 22.4 Å². The van der Waals surface area contributed by atoms with Crippen LogP contribution in [0.15, 0.2) is 35.8 Å². The van der Waals surface area contributed by atoms with Crippen molar-refractivity contribution in [2.24, 2.45) is 0 Å². The molecule has 0 atom stereocenters. The number of carbonyl (C=O) groups excluding carboxylic acids is 2. The molecule has 0 unspecified atom stereocenters. The number of anilines is 1. The summed E-state index contributed by atoms with van der Waals surface area (Å²) in [7, 11) is 0. The first kappa shape index (κ1) is 17.5. The number of H-pyrrole nitrogens is 1. The van der Waals surface area contributed by atoms with Crippen LogP contribution in [0.4, 0.5) is 9.93 Å². The van der Waals surface area contributed by atoms with E-state index in [4.69, 9.17) is 0 Å². The van der Waals surface area contributed by atoms with Crippen molar-refractivity contribution in [2.45, 2.75) is 25.8 Å². The number of aromatic nitrogens is 2. The highest BCUT2D eigenvalue weighted by Crippen LogP contribution is 2.27. The second-order valence-corrected chi connectivity index (χ2v) is 7.41. The van der Waals surface area contributed by atoms with Gasteiger partial charge in [-0.15, -0.1) is 11.3 Å². The SMILES string of the molecule is O=C(CCCNC(=O)N1CCc2c([nH]c3ccccc23)C1)Nc1nccs1. The molecule has 2 aromatic heterocycles. The number of para-hydroxylation sites is 1. The first-order chi connectivity index (χ1) is 13.2. The average molecular weight is 383 g/mol. The third-order valence-electron chi connectivity index (χ3n) is 4.71. The van der Waals surface area contributed by atoms with Crippen LogP contribution in [0, 0.1) is 0 Å². The molecular weight excluding hydrogens is 362 g/mol. The molecule has 3 aromatic rings. The van der Waals surface area contributed by atoms with Crippen molar-refractivity contribution in [2.75, 3.05) is 18.4 Å². The lowest BCUT2D eigenvalue weighted by Crippen LogP contribution is -2.43. The summed E-state index contributed by atoms with van der Waals surface area (Å²) in [5.41, 5.74) is 3.55. The maximum absolute atomic E-state index is 12.4. The van der Waals surface area contributed by atoms with E-state index in [9.17, 15) is 9.59 Å². The van der Waals surface area contributed by atoms with Crippen LogP contribution in [0.2, 0.25) is 0 Å². The Hall–Kier alpha value is -2.87. The molecule has 1 aliphatic rings. The lowest BCUT2D eigenvalue weighted by Gasteiger charge is -2.27. The van der Waals surface area contributed by atoms with Crippen LogP contribution in [-0.2, 0) is 17.8 Å². The summed E-state index contributed by atoms with van der Waals surface area (Å²) < 4.78 is 0. The van der Waals surface area contributed by atoms with Crippen molar-refractivity contribution >= 4 is 39.3 Å². The van der Waals surface area contributed by atoms with Crippen LogP contribution in [0.1, 0.15) is 24.1 Å². The Labute approximate surface area is 160 Å². The smallest absolute Gasteiger partial charge is 0.317 e. The minimum atomic E-state index is -0.0837. The Bertz CT molecular complexity index is 950. The fraction of sp³-hybridized carbons (Fsp3) is 0.316. The number of hydrogen-bond acceptors (Lipinski definition) is 4. The van der Waals surface area contributed by atoms with Crippen molar-refractivity contribution in [1.29, 1.82) is 0 Å². The molecule has 1 aliphatic heterocycles. The normalized spacial score (nSPS) is 13.4. The van der Waals surface area contributed by atoms with Gasteiger partial charge in [-0.05, 0) is 24.5 Å². The second kappa shape index (κ2) is 7.79. The Morgan fingerprint density at radius 1 is 1.30 bits per heavy atom. The van der Waals surface area contributed by atoms with Crippen molar-refractivity contribution in [1.82, 2.24) is 20.2 Å². The molecular formula is C19H21N5O2S. The quantitative estimate of drug-likeness (QED) is 0.591. The van der Waals surface area contributed by atoms with Gasteiger partial charge >= 0.3 is 6.03 Å². The maximum atomic E-state index is 12.4. The van der Waals surface area contributed by atoms with Crippen LogP contribution < -0.4 is 10.6 Å². The van der Waals surface area contributed by atoms with E-state index < -0.39 is 0 Å². The first-order valence-corrected chi connectivity index (χ1v) is 9.89. The predicted molar refractivity (Wildman–Crippen MR) is 106 cm³/mol. The number of thiazole rings is 1. The molecule has 1 aromatic carbocycles. The molecule has 140 valence electrons. The molecule has 27 heavy (non-hydrogen) atoms. The average Bonchev–Trinajstić information content (AvgIpc) is 3.31. The predicted octanol–water partition coefficient (Wildman–Crippen LogP) is 3.11. The van der Waals surface area contributed by atoms with Gasteiger partial charge in [0.25, 0.3) is 0 Å². The molecule has 0 fully saturated rings. The van der Waals surface area contributed by atoms with Gasteiger partial charge in [0.05, 0.1) is 6.54 Å². The molecule has 8 heteroatoms. The minimum Gasteiger partial charge on any atom is -0.357 e. The van der Waals surface area contributed by atoms with E-state index in [0.717, 1.165) is 17.6 Å². The zero-order chi connectivity index (χ0) is 18.6. The number of aromatic amines is 1. The number of nitrogens with one attached hydrogen (secondary N) is 3. The van der Waals surface area contributed by atoms with E-state index in [1.54, 1.807) is 6.20 Å². The van der Waals surface area contributed by atoms with Crippen LogP contribution in [0.3, 0.4) is 0 Å². The number of hydrogen-bond donors (Lipinski definition) is 3. The van der Waals surface area contributed by atoms with Gasteiger partial charge in [-0.25, -0.2) is 9.78 Å². The molecule has 0 spiro atoms. The highest BCUT2D eigenvalue weighted by molar-refractivity contribution is 7.13. The highest BCUT2D eigenvalue weighted by Gasteiger charge is 2.23. The summed E-state index contributed by atoms with van der Waals surface area (Å²) in [6.07, 6.45) is 3.45. The van der Waals surface area contributed by atoms with E-state index in [2.05, 4.69) is 32.7 Å². The van der Waals surface area contributed by atoms with Crippen molar-refractivity contribution in [3.05, 3.63) is 47.1 Å². The molecule has 4 rings (SSSR count). The van der Waals surface area contributed by atoms with Crippen molar-refractivity contribution in [3.8, 4) is 0 Å². The molecule has 3 heterocycles. The Kier molecular flexibility index (Phi) is 5.06. The van der Waals surface area contributed by atoms with E-state index >= 15 is 0 Å². The monoisotopic (exact) mass is 383 g/mol. The first-order valence-electron chi connectivity index (χ1n) is 9.01. The zero-order valence-electron chi connectivity index (χ0n) is 14.8. The number of amides is 3. The van der Waals surface area contributed by atoms with E-state index in [-0.39, 0.29) is 11.9 Å². The fourth-order valence-electron chi connectivity index (χ4n) is 3.39. The topological polar surface area (TPSA) is 90.1 Å². The van der Waals surface area contributed by atoms with Crippen molar-refractivity contribution < 1.29 is 9.59 Å². The van der Waals surface area contributed by atoms with Crippen LogP contribution in [-0.4, -0.2) is 39.9 Å². The summed E-state index contributed by atoms with van der Waals surface area (Å²) in [5.74, 6) is -0.0834. The lowest BCUT2D eigenvalue weighted by atomic mass is 10.0. The number of carbonyl (C=O) groups is 2. The van der Waals surface area contributed by atoms with Gasteiger partial charge in [0, 0.05) is 47.7 Å². The number of benzene rings is 1. The maximum Gasteiger partial charge on any atom is 0.317 e. The molecule has 3 amide bonds. The van der Waals surface area contributed by atoms with Gasteiger partial charge in [-0.1, -0.05) is 18.2 Å². The molecule has 0 saturated heterocycles. The third-order valence-corrected chi connectivity index (χ3v) is 5.39. The number of fused-ring (bicyclic) bond motifs is 3. The molecule has 7 nitrogen and oxygen atoms in total. The summed E-state index contributed by atoms with van der Waals surface area (Å²) in [6.45, 7) is 1.76. The molecule has 0 bridgehead atoms. The fourth-order valence-corrected chi connectivity index (χ4v) is 3.93. The minimum absolute atomic E-state index is 0.0834. The van der Waals surface area contributed by atoms with Gasteiger partial charge in [-0.3, -0.25) is 4.79 Å². The molecule has 0 aliphatic carbocycles. The zero-order valence-corrected chi connectivity index (χ0v) is 15.6. The Morgan fingerprint density at radius 3 is 3.04 bits per heavy atom. The van der Waals surface area contributed by atoms with Gasteiger partial charge in [-0.2, -0.15) is 0 Å². The van der Waals surface area contributed by atoms with Crippen LogP contribution in [0.5, 0.6) is 0 Å². The third kappa shape index (κ3) is 3.95. The molecule has 0 saturated carbocycles. The largest absolute Gasteiger partial charge is 0.357 e. The van der Waals surface area contributed by atoms with Gasteiger partial charge < -0.3 is 20.5 Å². The van der Waals surface area contributed by atoms with Crippen LogP contribution >= 0.6 is 11.3 Å². The molecule has 0 radical (unpaired) electrons. The van der Waals surface area contributed by atoms with Crippen molar-refractivity contribution in [3.63, 3.8) is 0 Å². The van der Waals surface area contributed by atoms with Crippen LogP contribution in [0.25, 0.3) is 10.9 Å². The lowest BCUT2D eigenvalue weighted by molar-refractivity contribution is -0.116.